The van der Waals surface area contributed by atoms with Gasteiger partial charge < -0.3 is 5.32 Å². The first-order valence-corrected chi connectivity index (χ1v) is 6.28. The third kappa shape index (κ3) is 2.91. The lowest BCUT2D eigenvalue weighted by atomic mass is 10.1. The predicted octanol–water partition coefficient (Wildman–Crippen LogP) is 4.21. The van der Waals surface area contributed by atoms with Crippen LogP contribution >= 0.6 is 15.9 Å². The lowest BCUT2D eigenvalue weighted by Gasteiger charge is -2.10. The molecule has 2 nitrogen and oxygen atoms in total. The fourth-order valence-corrected chi connectivity index (χ4v) is 2.07. The van der Waals surface area contributed by atoms with Crippen LogP contribution in [0.2, 0.25) is 0 Å². The first-order valence-electron chi connectivity index (χ1n) is 5.49. The van der Waals surface area contributed by atoms with Gasteiger partial charge in [0.25, 0.3) is 0 Å². The second kappa shape index (κ2) is 5.81. The first kappa shape index (κ1) is 13.5. The van der Waals surface area contributed by atoms with E-state index in [9.17, 15) is 8.78 Å². The molecule has 0 fully saturated rings. The van der Waals surface area contributed by atoms with Crippen molar-refractivity contribution in [1.82, 2.24) is 0 Å². The lowest BCUT2D eigenvalue weighted by molar-refractivity contribution is 0.618. The number of nitrogens with zero attached hydrogens (tertiary/aromatic N) is 1. The summed E-state index contributed by atoms with van der Waals surface area (Å²) in [4.78, 5) is 0. The van der Waals surface area contributed by atoms with Gasteiger partial charge in [0, 0.05) is 6.54 Å². The lowest BCUT2D eigenvalue weighted by Crippen LogP contribution is -2.03. The van der Waals surface area contributed by atoms with Gasteiger partial charge in [-0.15, -0.1) is 0 Å². The summed E-state index contributed by atoms with van der Waals surface area (Å²) in [6.07, 6.45) is 0. The van der Waals surface area contributed by atoms with Gasteiger partial charge in [0.15, 0.2) is 0 Å². The Balaban J connectivity index is 2.22. The minimum atomic E-state index is -0.578. The summed E-state index contributed by atoms with van der Waals surface area (Å²) in [5, 5.41) is 11.8. The maximum Gasteiger partial charge on any atom is 0.143 e. The number of rotatable bonds is 3. The van der Waals surface area contributed by atoms with Crippen LogP contribution in [0.1, 0.15) is 11.1 Å². The summed E-state index contributed by atoms with van der Waals surface area (Å²) >= 11 is 3.15. The Labute approximate surface area is 117 Å². The van der Waals surface area contributed by atoms with Crippen LogP contribution in [0.25, 0.3) is 0 Å². The summed E-state index contributed by atoms with van der Waals surface area (Å²) in [7, 11) is 0. The van der Waals surface area contributed by atoms with E-state index in [1.165, 1.54) is 18.2 Å². The van der Waals surface area contributed by atoms with Crippen molar-refractivity contribution in [2.45, 2.75) is 6.54 Å². The topological polar surface area (TPSA) is 35.8 Å². The molecule has 96 valence electrons. The van der Waals surface area contributed by atoms with Crippen molar-refractivity contribution < 1.29 is 8.78 Å². The zero-order valence-electron chi connectivity index (χ0n) is 9.75. The average Bonchev–Trinajstić information content (AvgIpc) is 2.40. The molecule has 0 aliphatic heterocycles. The van der Waals surface area contributed by atoms with E-state index >= 15 is 0 Å². The number of hydrogen-bond donors (Lipinski definition) is 1. The minimum absolute atomic E-state index is 0.0463. The Bertz CT molecular complexity index is 650. The molecule has 0 heterocycles. The third-order valence-electron chi connectivity index (χ3n) is 2.63. The van der Waals surface area contributed by atoms with Crippen LogP contribution in [0.5, 0.6) is 0 Å². The van der Waals surface area contributed by atoms with Gasteiger partial charge in [-0.2, -0.15) is 5.26 Å². The Morgan fingerprint density at radius 3 is 2.53 bits per heavy atom. The summed E-state index contributed by atoms with van der Waals surface area (Å²) < 4.78 is 27.1. The van der Waals surface area contributed by atoms with Crippen molar-refractivity contribution in [2.24, 2.45) is 0 Å². The van der Waals surface area contributed by atoms with Gasteiger partial charge in [-0.3, -0.25) is 0 Å². The average molecular weight is 323 g/mol. The zero-order valence-corrected chi connectivity index (χ0v) is 11.3. The van der Waals surface area contributed by atoms with Crippen LogP contribution in [-0.2, 0) is 6.54 Å². The number of hydrogen-bond acceptors (Lipinski definition) is 2. The highest BCUT2D eigenvalue weighted by Gasteiger charge is 2.09. The molecule has 2 aromatic rings. The van der Waals surface area contributed by atoms with Crippen LogP contribution in [-0.4, -0.2) is 0 Å². The number of benzene rings is 2. The minimum Gasteiger partial charge on any atom is -0.380 e. The molecule has 0 spiro atoms. The summed E-state index contributed by atoms with van der Waals surface area (Å²) in [6, 6.07) is 10.8. The van der Waals surface area contributed by atoms with Crippen LogP contribution in [0.3, 0.4) is 0 Å². The number of nitrogens with one attached hydrogen (secondary N) is 1. The van der Waals surface area contributed by atoms with E-state index in [-0.39, 0.29) is 17.9 Å². The zero-order chi connectivity index (χ0) is 13.8. The molecule has 0 amide bonds. The highest BCUT2D eigenvalue weighted by Crippen LogP contribution is 2.23. The molecule has 0 atom stereocenters. The second-order valence-corrected chi connectivity index (χ2v) is 4.63. The third-order valence-corrected chi connectivity index (χ3v) is 3.51. The summed E-state index contributed by atoms with van der Waals surface area (Å²) in [6.45, 7) is 0.288. The molecule has 0 saturated heterocycles. The molecule has 1 N–H and O–H groups in total. The van der Waals surface area contributed by atoms with Gasteiger partial charge in [0.2, 0.25) is 0 Å². The number of anilines is 1. The van der Waals surface area contributed by atoms with Gasteiger partial charge in [-0.05, 0) is 39.7 Å². The predicted molar refractivity (Wildman–Crippen MR) is 72.5 cm³/mol. The van der Waals surface area contributed by atoms with E-state index in [2.05, 4.69) is 21.2 Å². The number of nitriles is 1. The largest absolute Gasteiger partial charge is 0.380 e. The molecule has 0 aliphatic rings. The van der Waals surface area contributed by atoms with Crippen molar-refractivity contribution in [3.05, 3.63) is 63.6 Å². The molecule has 0 saturated carbocycles. The van der Waals surface area contributed by atoms with Gasteiger partial charge in [0.05, 0.1) is 10.2 Å². The summed E-state index contributed by atoms with van der Waals surface area (Å²) in [5.41, 5.74) is 1.03. The molecule has 0 unspecified atom stereocenters. The monoisotopic (exact) mass is 322 g/mol. The van der Waals surface area contributed by atoms with Crippen molar-refractivity contribution in [2.75, 3.05) is 5.32 Å². The Hall–Kier alpha value is -1.93. The van der Waals surface area contributed by atoms with E-state index in [1.54, 1.807) is 24.3 Å². The Kier molecular flexibility index (Phi) is 4.13. The molecule has 5 heteroatoms. The van der Waals surface area contributed by atoms with Gasteiger partial charge >= 0.3 is 0 Å². The maximum atomic E-state index is 13.4. The van der Waals surface area contributed by atoms with Crippen molar-refractivity contribution in [1.29, 1.82) is 5.26 Å². The van der Waals surface area contributed by atoms with E-state index in [1.807, 2.05) is 0 Å². The highest BCUT2D eigenvalue weighted by molar-refractivity contribution is 9.10. The molecular formula is C14H9BrF2N2. The summed E-state index contributed by atoms with van der Waals surface area (Å²) in [5.74, 6) is -0.940. The molecule has 2 rings (SSSR count). The first-order chi connectivity index (χ1) is 9.13. The molecule has 0 aliphatic carbocycles. The highest BCUT2D eigenvalue weighted by atomic mass is 79.9. The number of halogens is 3. The van der Waals surface area contributed by atoms with Crippen LogP contribution in [0.4, 0.5) is 14.5 Å². The molecular weight excluding hydrogens is 314 g/mol. The van der Waals surface area contributed by atoms with E-state index < -0.39 is 5.82 Å². The van der Waals surface area contributed by atoms with Gasteiger partial charge in [-0.1, -0.05) is 18.2 Å². The second-order valence-electron chi connectivity index (χ2n) is 3.84. The van der Waals surface area contributed by atoms with Crippen molar-refractivity contribution >= 4 is 21.6 Å². The van der Waals surface area contributed by atoms with Crippen molar-refractivity contribution in [3.63, 3.8) is 0 Å². The standard InChI is InChI=1S/C14H9BrF2N2/c15-14-9(3-1-5-12(14)17)8-19-13-6-2-4-11(16)10(13)7-18/h1-6,19H,8H2. The molecule has 0 radical (unpaired) electrons. The van der Waals surface area contributed by atoms with E-state index in [0.29, 0.717) is 15.7 Å². The fourth-order valence-electron chi connectivity index (χ4n) is 1.66. The molecule has 0 bridgehead atoms. The van der Waals surface area contributed by atoms with E-state index in [0.717, 1.165) is 0 Å². The molecule has 19 heavy (non-hydrogen) atoms. The Morgan fingerprint density at radius 1 is 1.11 bits per heavy atom. The van der Waals surface area contributed by atoms with Gasteiger partial charge in [-0.25, -0.2) is 8.78 Å². The maximum absolute atomic E-state index is 13.4. The normalized spacial score (nSPS) is 10.0. The van der Waals surface area contributed by atoms with Crippen LogP contribution in [0.15, 0.2) is 40.9 Å². The van der Waals surface area contributed by atoms with Crippen molar-refractivity contribution in [3.8, 4) is 6.07 Å². The smallest absolute Gasteiger partial charge is 0.143 e. The van der Waals surface area contributed by atoms with Gasteiger partial charge in [0.1, 0.15) is 23.3 Å². The van der Waals surface area contributed by atoms with Crippen LogP contribution < -0.4 is 5.32 Å². The SMILES string of the molecule is N#Cc1c(F)cccc1NCc1cccc(F)c1Br. The van der Waals surface area contributed by atoms with E-state index in [4.69, 9.17) is 5.26 Å². The quantitative estimate of drug-likeness (QED) is 0.918. The van der Waals surface area contributed by atoms with Crippen LogP contribution in [0, 0.1) is 23.0 Å². The Morgan fingerprint density at radius 2 is 1.79 bits per heavy atom. The molecule has 2 aromatic carbocycles. The fraction of sp³-hybridized carbons (Fsp3) is 0.0714. The molecule has 0 aromatic heterocycles.